The molecule has 7 heteroatoms. The molecule has 14 heavy (non-hydrogen) atoms. The second-order valence-electron chi connectivity index (χ2n) is 2.31. The molecule has 1 aromatic heterocycles. The Morgan fingerprint density at radius 2 is 1.93 bits per heavy atom. The van der Waals surface area contributed by atoms with E-state index in [4.69, 9.17) is 28.3 Å². The molecule has 0 amide bonds. The van der Waals surface area contributed by atoms with Gasteiger partial charge < -0.3 is 5.11 Å². The van der Waals surface area contributed by atoms with Crippen LogP contribution in [0.5, 0.6) is 0 Å². The molecule has 0 aliphatic heterocycles. The van der Waals surface area contributed by atoms with Gasteiger partial charge in [-0.1, -0.05) is 23.2 Å². The molecule has 1 rings (SSSR count). The molecule has 0 fully saturated rings. The Labute approximate surface area is 95.3 Å². The van der Waals surface area contributed by atoms with Crippen molar-refractivity contribution in [2.75, 3.05) is 0 Å². The van der Waals surface area contributed by atoms with Crippen LogP contribution in [0.3, 0.4) is 0 Å². The van der Waals surface area contributed by atoms with Gasteiger partial charge in [0, 0.05) is 5.56 Å². The number of carboxylic acids is 1. The minimum Gasteiger partial charge on any atom is -0.478 e. The van der Waals surface area contributed by atoms with Crippen molar-refractivity contribution in [1.29, 1.82) is 0 Å². The lowest BCUT2D eigenvalue weighted by molar-refractivity contribution is 0.0695. The Hall–Kier alpha value is -0.580. The highest BCUT2D eigenvalue weighted by Gasteiger charge is 2.19. The number of carbonyl (C=O) groups is 1. The lowest BCUT2D eigenvalue weighted by atomic mass is 10.1. The Kier molecular flexibility index (Phi) is 4.58. The van der Waals surface area contributed by atoms with Gasteiger partial charge in [-0.3, -0.25) is 0 Å². The molecule has 0 unspecified atom stereocenters. The van der Waals surface area contributed by atoms with Crippen LogP contribution in [0.1, 0.15) is 15.9 Å². The molecule has 0 spiro atoms. The van der Waals surface area contributed by atoms with E-state index in [0.717, 1.165) is 0 Å². The van der Waals surface area contributed by atoms with Gasteiger partial charge in [-0.05, 0) is 6.92 Å². The molecule has 0 aromatic carbocycles. The summed E-state index contributed by atoms with van der Waals surface area (Å²) in [6.45, 7) is 1.28. The van der Waals surface area contributed by atoms with Crippen LogP contribution in [0.25, 0.3) is 0 Å². The van der Waals surface area contributed by atoms with E-state index in [0.29, 0.717) is 0 Å². The predicted molar refractivity (Wildman–Crippen MR) is 53.2 cm³/mol. The summed E-state index contributed by atoms with van der Waals surface area (Å²) in [6.07, 6.45) is 0. The summed E-state index contributed by atoms with van der Waals surface area (Å²) in [5.74, 6) is -2.19. The van der Waals surface area contributed by atoms with Gasteiger partial charge in [0.2, 0.25) is 0 Å². The summed E-state index contributed by atoms with van der Waals surface area (Å²) in [6, 6.07) is 0. The molecule has 1 heterocycles. The predicted octanol–water partition coefficient (Wildman–Crippen LogP) is 2.96. The van der Waals surface area contributed by atoms with E-state index in [1.807, 2.05) is 0 Å². The molecule has 0 aliphatic carbocycles. The number of rotatable bonds is 1. The zero-order valence-corrected chi connectivity index (χ0v) is 9.17. The maximum Gasteiger partial charge on any atom is 0.339 e. The van der Waals surface area contributed by atoms with E-state index in [-0.39, 0.29) is 28.7 Å². The fourth-order valence-corrected chi connectivity index (χ4v) is 1.44. The summed E-state index contributed by atoms with van der Waals surface area (Å²) in [4.78, 5) is 13.9. The number of aromatic carboxylic acids is 1. The third-order valence-electron chi connectivity index (χ3n) is 1.50. The molecule has 0 aliphatic rings. The molecule has 3 nitrogen and oxygen atoms in total. The van der Waals surface area contributed by atoms with Crippen LogP contribution < -0.4 is 0 Å². The number of aromatic nitrogens is 1. The Morgan fingerprint density at radius 3 is 2.36 bits per heavy atom. The van der Waals surface area contributed by atoms with Gasteiger partial charge in [0.1, 0.15) is 10.7 Å². The normalized spacial score (nSPS) is 9.43. The summed E-state index contributed by atoms with van der Waals surface area (Å²) in [7, 11) is 0. The van der Waals surface area contributed by atoms with Crippen LogP contribution in [0.15, 0.2) is 0 Å². The van der Waals surface area contributed by atoms with Crippen molar-refractivity contribution >= 4 is 41.6 Å². The van der Waals surface area contributed by atoms with Gasteiger partial charge in [-0.15, -0.1) is 12.4 Å². The van der Waals surface area contributed by atoms with E-state index in [1.165, 1.54) is 6.92 Å². The molecular formula is C7H5Cl3FNO2. The number of hydrogen-bond acceptors (Lipinski definition) is 2. The molecule has 0 saturated heterocycles. The Bertz CT molecular complexity index is 384. The first-order valence-electron chi connectivity index (χ1n) is 3.19. The first-order chi connectivity index (χ1) is 5.95. The monoisotopic (exact) mass is 259 g/mol. The van der Waals surface area contributed by atoms with Crippen molar-refractivity contribution in [2.24, 2.45) is 0 Å². The highest BCUT2D eigenvalue weighted by atomic mass is 35.5. The lowest BCUT2D eigenvalue weighted by Gasteiger charge is -2.04. The van der Waals surface area contributed by atoms with Crippen molar-refractivity contribution in [2.45, 2.75) is 6.92 Å². The molecule has 0 atom stereocenters. The van der Waals surface area contributed by atoms with E-state index in [2.05, 4.69) is 4.98 Å². The summed E-state index contributed by atoms with van der Waals surface area (Å²) >= 11 is 10.8. The fourth-order valence-electron chi connectivity index (χ4n) is 0.859. The quantitative estimate of drug-likeness (QED) is 0.790. The van der Waals surface area contributed by atoms with Crippen LogP contribution in [0.4, 0.5) is 4.39 Å². The van der Waals surface area contributed by atoms with Gasteiger partial charge in [-0.25, -0.2) is 14.2 Å². The van der Waals surface area contributed by atoms with Crippen molar-refractivity contribution < 1.29 is 14.3 Å². The second kappa shape index (κ2) is 4.77. The first-order valence-corrected chi connectivity index (χ1v) is 3.95. The Balaban J connectivity index is 0.00000169. The molecule has 1 N–H and O–H groups in total. The minimum absolute atomic E-state index is 0. The smallest absolute Gasteiger partial charge is 0.339 e. The average molecular weight is 260 g/mol. The van der Waals surface area contributed by atoms with Crippen molar-refractivity contribution in [3.63, 3.8) is 0 Å². The second-order valence-corrected chi connectivity index (χ2v) is 3.03. The number of nitrogens with zero attached hydrogens (tertiary/aromatic N) is 1. The zero-order valence-electron chi connectivity index (χ0n) is 6.84. The largest absolute Gasteiger partial charge is 0.478 e. The average Bonchev–Trinajstić information content (AvgIpc) is 1.99. The standard InChI is InChI=1S/C7H4Cl2FNO2.ClH/c1-2-3(7(12)13)5(8)11-6(9)4(2)10;/h1H3,(H,12,13);1H. The Morgan fingerprint density at radius 1 is 1.43 bits per heavy atom. The third kappa shape index (κ3) is 2.26. The van der Waals surface area contributed by atoms with E-state index >= 15 is 0 Å². The van der Waals surface area contributed by atoms with Gasteiger partial charge in [0.15, 0.2) is 11.0 Å². The summed E-state index contributed by atoms with van der Waals surface area (Å²) < 4.78 is 13.0. The highest BCUT2D eigenvalue weighted by Crippen LogP contribution is 2.24. The fraction of sp³-hybridized carbons (Fsp3) is 0.143. The van der Waals surface area contributed by atoms with Crippen LogP contribution in [0.2, 0.25) is 10.3 Å². The lowest BCUT2D eigenvalue weighted by Crippen LogP contribution is -2.05. The van der Waals surface area contributed by atoms with Gasteiger partial charge >= 0.3 is 5.97 Å². The minimum atomic E-state index is -1.33. The van der Waals surface area contributed by atoms with Crippen molar-refractivity contribution in [3.8, 4) is 0 Å². The maximum atomic E-state index is 13.0. The number of carboxylic acid groups (broad SMARTS) is 1. The van der Waals surface area contributed by atoms with Crippen LogP contribution in [-0.4, -0.2) is 16.1 Å². The zero-order chi connectivity index (χ0) is 10.2. The molecule has 0 radical (unpaired) electrons. The number of halogens is 4. The first kappa shape index (κ1) is 13.4. The molecule has 78 valence electrons. The summed E-state index contributed by atoms with van der Waals surface area (Å²) in [5.41, 5.74) is -0.471. The van der Waals surface area contributed by atoms with Crippen molar-refractivity contribution in [1.82, 2.24) is 4.98 Å². The summed E-state index contributed by atoms with van der Waals surface area (Å²) in [5, 5.41) is 7.90. The van der Waals surface area contributed by atoms with Crippen LogP contribution in [-0.2, 0) is 0 Å². The highest BCUT2D eigenvalue weighted by molar-refractivity contribution is 6.34. The number of hydrogen-bond donors (Lipinski definition) is 1. The van der Waals surface area contributed by atoms with Crippen LogP contribution in [0, 0.1) is 12.7 Å². The third-order valence-corrected chi connectivity index (χ3v) is 2.03. The van der Waals surface area contributed by atoms with Gasteiger partial charge in [0.05, 0.1) is 0 Å². The van der Waals surface area contributed by atoms with E-state index in [9.17, 15) is 9.18 Å². The molecule has 0 bridgehead atoms. The number of pyridine rings is 1. The van der Waals surface area contributed by atoms with Crippen molar-refractivity contribution in [3.05, 3.63) is 27.3 Å². The van der Waals surface area contributed by atoms with E-state index < -0.39 is 16.9 Å². The van der Waals surface area contributed by atoms with E-state index in [1.54, 1.807) is 0 Å². The topological polar surface area (TPSA) is 50.2 Å². The van der Waals surface area contributed by atoms with Crippen LogP contribution >= 0.6 is 35.6 Å². The van der Waals surface area contributed by atoms with Gasteiger partial charge in [-0.2, -0.15) is 0 Å². The SMILES string of the molecule is Cc1c(F)c(Cl)nc(Cl)c1C(=O)O.Cl. The van der Waals surface area contributed by atoms with Gasteiger partial charge in [0.25, 0.3) is 0 Å². The molecule has 1 aromatic rings. The maximum absolute atomic E-state index is 13.0. The molecule has 0 saturated carbocycles. The molecular weight excluding hydrogens is 255 g/mol.